The average Bonchev–Trinajstić information content (AvgIpc) is 2.72. The van der Waals surface area contributed by atoms with Crippen molar-refractivity contribution in [1.82, 2.24) is 5.32 Å². The van der Waals surface area contributed by atoms with Gasteiger partial charge in [0.1, 0.15) is 11.4 Å². The Morgan fingerprint density at radius 2 is 2.14 bits per heavy atom. The van der Waals surface area contributed by atoms with Crippen molar-refractivity contribution >= 4 is 11.6 Å². The molecule has 3 heteroatoms. The van der Waals surface area contributed by atoms with Crippen molar-refractivity contribution in [2.45, 2.75) is 64.5 Å². The first-order valence-corrected chi connectivity index (χ1v) is 8.53. The lowest BCUT2D eigenvalue weighted by atomic mass is 9.82. The standard InChI is InChI=1S/C18H26ClNO/c1-4-9-20-15-11-18(8-7-17(2,3)12-18)21-16-6-5-13(19)10-14(15)16/h5-6,10,15,20H,4,7-9,11-12H2,1-3H3. The topological polar surface area (TPSA) is 21.3 Å². The van der Waals surface area contributed by atoms with Gasteiger partial charge in [0.25, 0.3) is 0 Å². The van der Waals surface area contributed by atoms with Crippen molar-refractivity contribution in [2.75, 3.05) is 6.54 Å². The van der Waals surface area contributed by atoms with Gasteiger partial charge >= 0.3 is 0 Å². The summed E-state index contributed by atoms with van der Waals surface area (Å²) in [6.45, 7) is 7.96. The smallest absolute Gasteiger partial charge is 0.125 e. The van der Waals surface area contributed by atoms with Gasteiger partial charge in [0.15, 0.2) is 0 Å². The molecular weight excluding hydrogens is 282 g/mol. The van der Waals surface area contributed by atoms with Gasteiger partial charge in [-0.3, -0.25) is 0 Å². The number of hydrogen-bond acceptors (Lipinski definition) is 2. The van der Waals surface area contributed by atoms with Crippen LogP contribution < -0.4 is 10.1 Å². The van der Waals surface area contributed by atoms with Crippen molar-refractivity contribution in [2.24, 2.45) is 5.41 Å². The molecule has 0 aromatic heterocycles. The Kier molecular flexibility index (Phi) is 3.96. The molecule has 1 aromatic rings. The fourth-order valence-corrected chi connectivity index (χ4v) is 4.20. The Morgan fingerprint density at radius 3 is 2.81 bits per heavy atom. The van der Waals surface area contributed by atoms with Crippen LogP contribution in [0.4, 0.5) is 0 Å². The van der Waals surface area contributed by atoms with Crippen LogP contribution in [-0.2, 0) is 0 Å². The van der Waals surface area contributed by atoms with Gasteiger partial charge in [-0.05, 0) is 55.8 Å². The predicted octanol–water partition coefficient (Wildman–Crippen LogP) is 5.11. The van der Waals surface area contributed by atoms with Gasteiger partial charge in [0.2, 0.25) is 0 Å². The van der Waals surface area contributed by atoms with E-state index in [0.29, 0.717) is 11.5 Å². The highest BCUT2D eigenvalue weighted by Gasteiger charge is 2.49. The molecule has 1 spiro atoms. The summed E-state index contributed by atoms with van der Waals surface area (Å²) in [4.78, 5) is 0. The molecule has 1 aromatic carbocycles. The van der Waals surface area contributed by atoms with Crippen LogP contribution >= 0.6 is 11.6 Å². The summed E-state index contributed by atoms with van der Waals surface area (Å²) >= 11 is 6.19. The normalized spacial score (nSPS) is 30.2. The molecule has 2 nitrogen and oxygen atoms in total. The molecule has 1 N–H and O–H groups in total. The Hall–Kier alpha value is -0.730. The second-order valence-corrected chi connectivity index (χ2v) is 7.96. The molecule has 0 amide bonds. The van der Waals surface area contributed by atoms with E-state index >= 15 is 0 Å². The monoisotopic (exact) mass is 307 g/mol. The molecule has 1 aliphatic heterocycles. The van der Waals surface area contributed by atoms with Crippen molar-refractivity contribution in [3.05, 3.63) is 28.8 Å². The molecule has 1 heterocycles. The summed E-state index contributed by atoms with van der Waals surface area (Å²) in [5.74, 6) is 1.02. The van der Waals surface area contributed by atoms with E-state index in [1.807, 2.05) is 12.1 Å². The molecule has 2 aliphatic rings. The molecule has 1 fully saturated rings. The minimum Gasteiger partial charge on any atom is -0.487 e. The maximum Gasteiger partial charge on any atom is 0.125 e. The molecule has 1 aliphatic carbocycles. The van der Waals surface area contributed by atoms with E-state index in [0.717, 1.165) is 43.0 Å². The summed E-state index contributed by atoms with van der Waals surface area (Å²) in [5, 5.41) is 4.49. The Bertz CT molecular complexity index is 528. The predicted molar refractivity (Wildman–Crippen MR) is 88.1 cm³/mol. The number of ether oxygens (including phenoxy) is 1. The van der Waals surface area contributed by atoms with Gasteiger partial charge < -0.3 is 10.1 Å². The van der Waals surface area contributed by atoms with E-state index < -0.39 is 0 Å². The van der Waals surface area contributed by atoms with Crippen LogP contribution in [0.5, 0.6) is 5.75 Å². The molecule has 2 atom stereocenters. The van der Waals surface area contributed by atoms with Crippen LogP contribution in [0.1, 0.15) is 64.5 Å². The number of halogens is 1. The summed E-state index contributed by atoms with van der Waals surface area (Å²) in [5.41, 5.74) is 1.63. The van der Waals surface area contributed by atoms with E-state index in [4.69, 9.17) is 16.3 Å². The van der Waals surface area contributed by atoms with E-state index in [-0.39, 0.29) is 5.60 Å². The number of hydrogen-bond donors (Lipinski definition) is 1. The molecule has 116 valence electrons. The second-order valence-electron chi connectivity index (χ2n) is 7.52. The third-order valence-electron chi connectivity index (χ3n) is 4.95. The second kappa shape index (κ2) is 5.48. The zero-order valence-electron chi connectivity index (χ0n) is 13.3. The van der Waals surface area contributed by atoms with Crippen molar-refractivity contribution < 1.29 is 4.74 Å². The summed E-state index contributed by atoms with van der Waals surface area (Å²) < 4.78 is 6.48. The van der Waals surface area contributed by atoms with Gasteiger partial charge in [-0.2, -0.15) is 0 Å². The van der Waals surface area contributed by atoms with Crippen molar-refractivity contribution in [3.8, 4) is 5.75 Å². The SMILES string of the molecule is CCCNC1CC2(CCC(C)(C)C2)Oc2ccc(Cl)cc21. The number of nitrogens with one attached hydrogen (secondary N) is 1. The van der Waals surface area contributed by atoms with Crippen LogP contribution in [0, 0.1) is 5.41 Å². The van der Waals surface area contributed by atoms with Gasteiger partial charge in [-0.25, -0.2) is 0 Å². The Morgan fingerprint density at radius 1 is 1.33 bits per heavy atom. The molecule has 0 saturated heterocycles. The van der Waals surface area contributed by atoms with Gasteiger partial charge in [0.05, 0.1) is 0 Å². The zero-order valence-corrected chi connectivity index (χ0v) is 14.1. The lowest BCUT2D eigenvalue weighted by Crippen LogP contribution is -2.43. The lowest BCUT2D eigenvalue weighted by molar-refractivity contribution is 0.0277. The van der Waals surface area contributed by atoms with Crippen LogP contribution in [0.3, 0.4) is 0 Å². The summed E-state index contributed by atoms with van der Waals surface area (Å²) in [7, 11) is 0. The molecular formula is C18H26ClNO. The van der Waals surface area contributed by atoms with Crippen LogP contribution in [0.2, 0.25) is 5.02 Å². The minimum absolute atomic E-state index is 0.00966. The fourth-order valence-electron chi connectivity index (χ4n) is 4.02. The molecule has 1 saturated carbocycles. The maximum absolute atomic E-state index is 6.48. The summed E-state index contributed by atoms with van der Waals surface area (Å²) in [6.07, 6.45) is 5.75. The maximum atomic E-state index is 6.48. The Balaban J connectivity index is 1.91. The molecule has 21 heavy (non-hydrogen) atoms. The van der Waals surface area contributed by atoms with Crippen molar-refractivity contribution in [1.29, 1.82) is 0 Å². The third-order valence-corrected chi connectivity index (χ3v) is 5.18. The molecule has 2 unspecified atom stereocenters. The fraction of sp³-hybridized carbons (Fsp3) is 0.667. The highest BCUT2D eigenvalue weighted by Crippen LogP contribution is 2.53. The highest BCUT2D eigenvalue weighted by molar-refractivity contribution is 6.30. The lowest BCUT2D eigenvalue weighted by Gasteiger charge is -2.41. The number of benzene rings is 1. The highest BCUT2D eigenvalue weighted by atomic mass is 35.5. The third kappa shape index (κ3) is 3.07. The van der Waals surface area contributed by atoms with Gasteiger partial charge in [0, 0.05) is 23.0 Å². The van der Waals surface area contributed by atoms with Gasteiger partial charge in [-0.15, -0.1) is 0 Å². The van der Waals surface area contributed by atoms with Crippen LogP contribution in [-0.4, -0.2) is 12.1 Å². The summed E-state index contributed by atoms with van der Waals surface area (Å²) in [6, 6.07) is 6.42. The van der Waals surface area contributed by atoms with Crippen LogP contribution in [0.15, 0.2) is 18.2 Å². The zero-order chi connectivity index (χ0) is 15.1. The van der Waals surface area contributed by atoms with E-state index in [1.54, 1.807) is 0 Å². The van der Waals surface area contributed by atoms with E-state index in [2.05, 4.69) is 32.2 Å². The Labute approximate surface area is 133 Å². The van der Waals surface area contributed by atoms with E-state index in [9.17, 15) is 0 Å². The number of rotatable bonds is 3. The average molecular weight is 308 g/mol. The van der Waals surface area contributed by atoms with Crippen molar-refractivity contribution in [3.63, 3.8) is 0 Å². The van der Waals surface area contributed by atoms with Gasteiger partial charge in [-0.1, -0.05) is 32.4 Å². The largest absolute Gasteiger partial charge is 0.487 e. The first kappa shape index (κ1) is 15.2. The van der Waals surface area contributed by atoms with E-state index in [1.165, 1.54) is 12.0 Å². The quantitative estimate of drug-likeness (QED) is 0.837. The molecule has 3 rings (SSSR count). The number of fused-ring (bicyclic) bond motifs is 1. The molecule has 0 radical (unpaired) electrons. The first-order valence-electron chi connectivity index (χ1n) is 8.15. The molecule has 0 bridgehead atoms. The van der Waals surface area contributed by atoms with Crippen LogP contribution in [0.25, 0.3) is 0 Å². The minimum atomic E-state index is 0.00966. The first-order chi connectivity index (χ1) is 9.93.